The van der Waals surface area contributed by atoms with Crippen molar-refractivity contribution in [3.05, 3.63) is 185 Å². The van der Waals surface area contributed by atoms with Gasteiger partial charge < -0.3 is 0 Å². The topological polar surface area (TPSA) is 0 Å². The van der Waals surface area contributed by atoms with Crippen molar-refractivity contribution in [1.82, 2.24) is 0 Å². The van der Waals surface area contributed by atoms with E-state index in [1.807, 2.05) is 0 Å². The molecule has 0 heterocycles. The van der Waals surface area contributed by atoms with Crippen molar-refractivity contribution in [1.29, 1.82) is 0 Å². The Kier molecular flexibility index (Phi) is 10.2. The van der Waals surface area contributed by atoms with Crippen molar-refractivity contribution < 1.29 is 17.4 Å². The van der Waals surface area contributed by atoms with Crippen molar-refractivity contribution in [3.8, 4) is 22.3 Å². The van der Waals surface area contributed by atoms with Gasteiger partial charge in [0.05, 0.1) is 0 Å². The molecule has 0 saturated carbocycles. The molecule has 7 aromatic carbocycles. The Morgan fingerprint density at radius 3 is 1.28 bits per heavy atom. The minimum Gasteiger partial charge on any atom is -0.147 e. The van der Waals surface area contributed by atoms with Crippen molar-refractivity contribution in [2.45, 2.75) is 38.6 Å². The molecule has 0 spiro atoms. The Balaban J connectivity index is 0.00000218. The summed E-state index contributed by atoms with van der Waals surface area (Å²) in [6, 6.07) is 57.5. The second-order valence-electron chi connectivity index (χ2n) is 15.3. The molecule has 0 radical (unpaired) electrons. The third-order valence-corrected chi connectivity index (χ3v) is 35.9. The molecule has 2 unspecified atom stereocenters. The fourth-order valence-corrected chi connectivity index (χ4v) is 34.6. The Hall–Kier alpha value is -3.78. The molecule has 2 aliphatic rings. The number of halogens is 2. The van der Waals surface area contributed by atoms with Gasteiger partial charge in [-0.15, -0.1) is 24.8 Å². The van der Waals surface area contributed by atoms with Gasteiger partial charge in [-0.05, 0) is 0 Å². The summed E-state index contributed by atoms with van der Waals surface area (Å²) < 4.78 is 5.22. The monoisotopic (exact) mass is 822 g/mol. The summed E-state index contributed by atoms with van der Waals surface area (Å²) in [5, 5.41) is 5.25. The summed E-state index contributed by atoms with van der Waals surface area (Å²) in [6.45, 7) is 7.26. The molecule has 0 N–H and O–H groups in total. The predicted octanol–water partition coefficient (Wildman–Crippen LogP) is 13.2. The van der Waals surface area contributed by atoms with Crippen molar-refractivity contribution in [2.75, 3.05) is 0 Å². The van der Waals surface area contributed by atoms with Gasteiger partial charge in [-0.3, -0.25) is 0 Å². The van der Waals surface area contributed by atoms with Crippen LogP contribution in [-0.4, -0.2) is 6.88 Å². The molecule has 0 nitrogen and oxygen atoms in total. The van der Waals surface area contributed by atoms with Gasteiger partial charge in [0.1, 0.15) is 0 Å². The van der Waals surface area contributed by atoms with Gasteiger partial charge in [-0.2, -0.15) is 0 Å². The largest absolute Gasteiger partial charge is 0.147 e. The molecule has 0 saturated heterocycles. The quantitative estimate of drug-likeness (QED) is 0.141. The first kappa shape index (κ1) is 37.5. The number of hydrogen-bond donors (Lipinski definition) is 0. The van der Waals surface area contributed by atoms with E-state index >= 15 is 0 Å². The molecule has 0 fully saturated rings. The number of fused-ring (bicyclic) bond motifs is 4. The number of allylic oxidation sites excluding steroid dienone is 2. The summed E-state index contributed by atoms with van der Waals surface area (Å²) in [4.78, 5) is 0. The summed E-state index contributed by atoms with van der Waals surface area (Å²) >= 11 is -4.26. The molecule has 0 bridgehead atoms. The number of rotatable bonds is 7. The van der Waals surface area contributed by atoms with Gasteiger partial charge in [0.15, 0.2) is 0 Å². The van der Waals surface area contributed by atoms with E-state index in [0.717, 1.165) is 12.8 Å². The maximum atomic E-state index is 2.82. The van der Waals surface area contributed by atoms with E-state index in [9.17, 15) is 0 Å². The molecule has 7 aromatic rings. The van der Waals surface area contributed by atoms with Crippen LogP contribution in [0.2, 0.25) is 4.63 Å². The molecule has 264 valence electrons. The van der Waals surface area contributed by atoms with E-state index in [-0.39, 0.29) is 24.8 Å². The molecule has 9 rings (SSSR count). The van der Waals surface area contributed by atoms with Crippen LogP contribution in [0.3, 0.4) is 0 Å². The number of hydrogen-bond acceptors (Lipinski definition) is 0. The Morgan fingerprint density at radius 2 is 0.830 bits per heavy atom. The molecule has 53 heavy (non-hydrogen) atoms. The molecular formula is C49H46Cl2SiZr. The normalized spacial score (nSPS) is 16.3. The third-order valence-electron chi connectivity index (χ3n) is 12.5. The molecule has 0 aromatic heterocycles. The van der Waals surface area contributed by atoms with E-state index < -0.39 is 17.4 Å². The van der Waals surface area contributed by atoms with E-state index in [0.29, 0.717) is 7.25 Å². The van der Waals surface area contributed by atoms with Crippen molar-refractivity contribution >= 4 is 68.7 Å². The Bertz CT molecular complexity index is 2480. The Labute approximate surface area is 329 Å². The number of benzene rings is 7. The summed E-state index contributed by atoms with van der Waals surface area (Å²) in [6.07, 6.45) is 7.33. The predicted molar refractivity (Wildman–Crippen MR) is 236 cm³/mol. The molecule has 0 aliphatic heterocycles. The third kappa shape index (κ3) is 5.72. The van der Waals surface area contributed by atoms with Gasteiger partial charge in [0.2, 0.25) is 0 Å². The van der Waals surface area contributed by atoms with Gasteiger partial charge in [-0.1, -0.05) is 0 Å². The average Bonchev–Trinajstić information content (AvgIpc) is 3.78. The van der Waals surface area contributed by atoms with Gasteiger partial charge >= 0.3 is 307 Å². The van der Waals surface area contributed by atoms with Crippen molar-refractivity contribution in [2.24, 2.45) is 0 Å². The van der Waals surface area contributed by atoms with Gasteiger partial charge in [0.25, 0.3) is 0 Å². The second kappa shape index (κ2) is 14.5. The molecule has 2 atom stereocenters. The van der Waals surface area contributed by atoms with Crippen LogP contribution in [0.4, 0.5) is 0 Å². The average molecular weight is 825 g/mol. The maximum Gasteiger partial charge on any atom is -0.147 e. The van der Waals surface area contributed by atoms with Crippen LogP contribution in [0.25, 0.3) is 56.0 Å². The Morgan fingerprint density at radius 1 is 0.453 bits per heavy atom. The SMILES string of the molecule is CCC1=Cc2c(-c3cccc4ccccc34)cccc2[CH]1[Zr]([CH3])(=[SiH2])([c]1ccccc1)[CH]1C(CC)=Cc2c(-c3cccc4ccccc34)cccc21.Cl.Cl. The standard InChI is InChI=1S/2C21H17.C6H5.CH3.2ClH.H2Si.Zr/c2*1-2-15-13-17-9-6-12-20(21(17)14-15)19-11-5-8-16-7-3-4-10-18(16)19;1-2-4-6-5-3-1;;;;;/h2*3-14H,2H2,1H3;1-5H;1H3;2*1H;1H2;. The fourth-order valence-electron chi connectivity index (χ4n) is 10.2. The molecular weight excluding hydrogens is 779 g/mol. The zero-order valence-corrected chi connectivity index (χ0v) is 36.2. The first-order valence-electron chi connectivity index (χ1n) is 18.7. The molecule has 0 amide bonds. The van der Waals surface area contributed by atoms with E-state index in [1.54, 1.807) is 25.5 Å². The maximum absolute atomic E-state index is 4.26. The van der Waals surface area contributed by atoms with Gasteiger partial charge in [0, 0.05) is 0 Å². The first-order valence-corrected chi connectivity index (χ1v) is 31.1. The van der Waals surface area contributed by atoms with Crippen LogP contribution < -0.4 is 3.27 Å². The minimum atomic E-state index is -4.26. The smallest absolute Gasteiger partial charge is 0.147 e. The van der Waals surface area contributed by atoms with Gasteiger partial charge in [-0.25, -0.2) is 0 Å². The van der Waals surface area contributed by atoms with Crippen LogP contribution in [0.1, 0.15) is 56.2 Å². The van der Waals surface area contributed by atoms with Crippen molar-refractivity contribution in [3.63, 3.8) is 0 Å². The van der Waals surface area contributed by atoms with Crippen LogP contribution in [0, 0.1) is 0 Å². The first-order chi connectivity index (χ1) is 24.9. The molecule has 4 heteroatoms. The fraction of sp³-hybridized carbons (Fsp3) is 0.143. The minimum absolute atomic E-state index is 0. The van der Waals surface area contributed by atoms with E-state index in [4.69, 9.17) is 0 Å². The van der Waals surface area contributed by atoms with E-state index in [2.05, 4.69) is 189 Å². The zero-order valence-electron chi connectivity index (χ0n) is 30.7. The van der Waals surface area contributed by atoms with Crippen LogP contribution >= 0.6 is 24.8 Å². The second-order valence-corrected chi connectivity index (χ2v) is 41.6. The molecule has 2 aliphatic carbocycles. The van der Waals surface area contributed by atoms with Crippen LogP contribution in [0.5, 0.6) is 0 Å². The summed E-state index contributed by atoms with van der Waals surface area (Å²) in [5.41, 5.74) is 14.6. The van der Waals surface area contributed by atoms with Crippen LogP contribution in [0.15, 0.2) is 163 Å². The van der Waals surface area contributed by atoms with E-state index in [1.165, 1.54) is 54.9 Å². The summed E-state index contributed by atoms with van der Waals surface area (Å²) in [5.74, 6) is 0. The van der Waals surface area contributed by atoms with Crippen LogP contribution in [-0.2, 0) is 17.4 Å². The summed E-state index contributed by atoms with van der Waals surface area (Å²) in [7, 11) is 0. The zero-order chi connectivity index (χ0) is 34.8.